The second kappa shape index (κ2) is 6.41. The number of methoxy groups -OCH3 is 1. The van der Waals surface area contributed by atoms with E-state index in [1.807, 2.05) is 33.8 Å². The van der Waals surface area contributed by atoms with Crippen molar-refractivity contribution < 1.29 is 9.13 Å². The molecule has 0 saturated heterocycles. The lowest BCUT2D eigenvalue weighted by molar-refractivity contribution is 0.410. The van der Waals surface area contributed by atoms with Crippen molar-refractivity contribution in [2.24, 2.45) is 0 Å². The molecule has 0 amide bonds. The Morgan fingerprint density at radius 1 is 1.14 bits per heavy atom. The largest absolute Gasteiger partial charge is 0.497 e. The van der Waals surface area contributed by atoms with Gasteiger partial charge >= 0.3 is 0 Å². The van der Waals surface area contributed by atoms with Crippen molar-refractivity contribution >= 4 is 0 Å². The fourth-order valence-electron chi connectivity index (χ4n) is 1.04. The van der Waals surface area contributed by atoms with Gasteiger partial charge in [-0.3, -0.25) is 0 Å². The van der Waals surface area contributed by atoms with E-state index in [9.17, 15) is 4.39 Å². The minimum Gasteiger partial charge on any atom is -0.497 e. The SMILES string of the molecule is CC.COc1cc(F)cc(C(C)C)c1. The van der Waals surface area contributed by atoms with Crippen LogP contribution >= 0.6 is 0 Å². The third kappa shape index (κ3) is 3.77. The highest BCUT2D eigenvalue weighted by Crippen LogP contribution is 2.21. The standard InChI is InChI=1S/C10H13FO.C2H6/c1-7(2)8-4-9(11)6-10(5-8)12-3;1-2/h4-7H,1-3H3;1-2H3. The summed E-state index contributed by atoms with van der Waals surface area (Å²) < 4.78 is 17.8. The van der Waals surface area contributed by atoms with Crippen molar-refractivity contribution in [1.29, 1.82) is 0 Å². The molecule has 0 aromatic heterocycles. The van der Waals surface area contributed by atoms with E-state index in [4.69, 9.17) is 4.74 Å². The van der Waals surface area contributed by atoms with Crippen LogP contribution in [0.5, 0.6) is 5.75 Å². The average molecular weight is 198 g/mol. The van der Waals surface area contributed by atoms with Gasteiger partial charge in [0.25, 0.3) is 0 Å². The number of ether oxygens (including phenoxy) is 1. The van der Waals surface area contributed by atoms with Gasteiger partial charge in [-0.2, -0.15) is 0 Å². The van der Waals surface area contributed by atoms with Crippen LogP contribution in [0.4, 0.5) is 4.39 Å². The molecule has 1 nitrogen and oxygen atoms in total. The van der Waals surface area contributed by atoms with Crippen molar-refractivity contribution in [1.82, 2.24) is 0 Å². The third-order valence-corrected chi connectivity index (χ3v) is 1.80. The lowest BCUT2D eigenvalue weighted by atomic mass is 10.0. The highest BCUT2D eigenvalue weighted by Gasteiger charge is 2.03. The number of hydrogen-bond acceptors (Lipinski definition) is 1. The van der Waals surface area contributed by atoms with Gasteiger partial charge in [-0.1, -0.05) is 27.7 Å². The number of benzene rings is 1. The molecule has 0 heterocycles. The molecule has 1 aromatic carbocycles. The summed E-state index contributed by atoms with van der Waals surface area (Å²) in [6.45, 7) is 8.04. The second-order valence-corrected chi connectivity index (χ2v) is 3.08. The summed E-state index contributed by atoms with van der Waals surface area (Å²) in [6, 6.07) is 4.77. The smallest absolute Gasteiger partial charge is 0.127 e. The quantitative estimate of drug-likeness (QED) is 0.698. The number of hydrogen-bond donors (Lipinski definition) is 0. The van der Waals surface area contributed by atoms with Crippen LogP contribution in [-0.2, 0) is 0 Å². The summed E-state index contributed by atoms with van der Waals surface area (Å²) >= 11 is 0. The Morgan fingerprint density at radius 2 is 1.71 bits per heavy atom. The van der Waals surface area contributed by atoms with E-state index < -0.39 is 0 Å². The molecule has 0 saturated carbocycles. The Kier molecular flexibility index (Phi) is 5.93. The zero-order valence-electron chi connectivity index (χ0n) is 9.60. The molecule has 0 radical (unpaired) electrons. The molecular weight excluding hydrogens is 179 g/mol. The van der Waals surface area contributed by atoms with Crippen LogP contribution in [-0.4, -0.2) is 7.11 Å². The molecule has 14 heavy (non-hydrogen) atoms. The highest BCUT2D eigenvalue weighted by molar-refractivity contribution is 5.31. The lowest BCUT2D eigenvalue weighted by Gasteiger charge is -2.07. The second-order valence-electron chi connectivity index (χ2n) is 3.08. The van der Waals surface area contributed by atoms with Crippen LogP contribution < -0.4 is 4.74 Å². The predicted molar refractivity (Wildman–Crippen MR) is 58.4 cm³/mol. The molecule has 0 fully saturated rings. The fraction of sp³-hybridized carbons (Fsp3) is 0.500. The number of halogens is 1. The average Bonchev–Trinajstić information content (AvgIpc) is 2.20. The predicted octanol–water partition coefficient (Wildman–Crippen LogP) is 3.98. The summed E-state index contributed by atoms with van der Waals surface area (Å²) in [5.74, 6) is 0.673. The minimum atomic E-state index is -0.238. The normalized spacial score (nSPS) is 9.36. The van der Waals surface area contributed by atoms with Crippen molar-refractivity contribution in [3.05, 3.63) is 29.6 Å². The Bertz CT molecular complexity index is 269. The van der Waals surface area contributed by atoms with Crippen LogP contribution in [0.1, 0.15) is 39.2 Å². The highest BCUT2D eigenvalue weighted by atomic mass is 19.1. The molecule has 0 atom stereocenters. The molecule has 0 aliphatic rings. The van der Waals surface area contributed by atoms with Crippen LogP contribution in [0.25, 0.3) is 0 Å². The van der Waals surface area contributed by atoms with Gasteiger partial charge in [0, 0.05) is 6.07 Å². The summed E-state index contributed by atoms with van der Waals surface area (Å²) in [4.78, 5) is 0. The molecule has 1 rings (SSSR count). The molecule has 0 spiro atoms. The maximum Gasteiger partial charge on any atom is 0.127 e. The van der Waals surface area contributed by atoms with Crippen LogP contribution in [0, 0.1) is 5.82 Å². The fourth-order valence-corrected chi connectivity index (χ4v) is 1.04. The maximum atomic E-state index is 12.9. The van der Waals surface area contributed by atoms with Gasteiger partial charge in [0.05, 0.1) is 7.11 Å². The first-order chi connectivity index (χ1) is 6.63. The van der Waals surface area contributed by atoms with Crippen LogP contribution in [0.2, 0.25) is 0 Å². The summed E-state index contributed by atoms with van der Waals surface area (Å²) in [5.41, 5.74) is 0.965. The Balaban J connectivity index is 0.000000791. The van der Waals surface area contributed by atoms with Crippen LogP contribution in [0.3, 0.4) is 0 Å². The van der Waals surface area contributed by atoms with E-state index in [0.29, 0.717) is 11.7 Å². The van der Waals surface area contributed by atoms with E-state index in [1.165, 1.54) is 12.1 Å². The lowest BCUT2D eigenvalue weighted by Crippen LogP contribution is -1.91. The molecule has 80 valence electrons. The Labute approximate surface area is 85.9 Å². The van der Waals surface area contributed by atoms with Gasteiger partial charge in [-0.25, -0.2) is 4.39 Å². The molecule has 2 heteroatoms. The maximum absolute atomic E-state index is 12.9. The molecule has 1 aromatic rings. The van der Waals surface area contributed by atoms with E-state index in [0.717, 1.165) is 5.56 Å². The number of rotatable bonds is 2. The molecule has 0 aliphatic heterocycles. The first-order valence-electron chi connectivity index (χ1n) is 4.98. The minimum absolute atomic E-state index is 0.238. The Hall–Kier alpha value is -1.05. The van der Waals surface area contributed by atoms with Gasteiger partial charge in [0.15, 0.2) is 0 Å². The molecule has 0 bridgehead atoms. The summed E-state index contributed by atoms with van der Waals surface area (Å²) in [7, 11) is 1.54. The first kappa shape index (κ1) is 12.9. The van der Waals surface area contributed by atoms with Gasteiger partial charge in [0.2, 0.25) is 0 Å². The van der Waals surface area contributed by atoms with Crippen LogP contribution in [0.15, 0.2) is 18.2 Å². The molecule has 0 N–H and O–H groups in total. The first-order valence-corrected chi connectivity index (χ1v) is 4.98. The third-order valence-electron chi connectivity index (χ3n) is 1.80. The van der Waals surface area contributed by atoms with Crippen molar-refractivity contribution in [3.8, 4) is 5.75 Å². The van der Waals surface area contributed by atoms with Crippen molar-refractivity contribution in [2.45, 2.75) is 33.6 Å². The topological polar surface area (TPSA) is 9.23 Å². The monoisotopic (exact) mass is 198 g/mol. The zero-order valence-corrected chi connectivity index (χ0v) is 9.60. The van der Waals surface area contributed by atoms with Crippen molar-refractivity contribution in [2.75, 3.05) is 7.11 Å². The van der Waals surface area contributed by atoms with Gasteiger partial charge in [-0.05, 0) is 23.6 Å². The van der Waals surface area contributed by atoms with E-state index in [2.05, 4.69) is 0 Å². The molecule has 0 aliphatic carbocycles. The van der Waals surface area contributed by atoms with Gasteiger partial charge in [0.1, 0.15) is 11.6 Å². The zero-order chi connectivity index (χ0) is 11.1. The van der Waals surface area contributed by atoms with E-state index in [1.54, 1.807) is 7.11 Å². The van der Waals surface area contributed by atoms with E-state index in [-0.39, 0.29) is 5.82 Å². The van der Waals surface area contributed by atoms with Gasteiger partial charge in [-0.15, -0.1) is 0 Å². The summed E-state index contributed by atoms with van der Waals surface area (Å²) in [6.07, 6.45) is 0. The summed E-state index contributed by atoms with van der Waals surface area (Å²) in [5, 5.41) is 0. The molecule has 0 unspecified atom stereocenters. The Morgan fingerprint density at radius 3 is 2.14 bits per heavy atom. The van der Waals surface area contributed by atoms with Crippen molar-refractivity contribution in [3.63, 3.8) is 0 Å². The van der Waals surface area contributed by atoms with E-state index >= 15 is 0 Å². The van der Waals surface area contributed by atoms with Gasteiger partial charge < -0.3 is 4.74 Å². The molecular formula is C12H19FO.